The lowest BCUT2D eigenvalue weighted by Crippen LogP contribution is -2.02. The second-order valence-corrected chi connectivity index (χ2v) is 5.18. The summed E-state index contributed by atoms with van der Waals surface area (Å²) in [5.74, 6) is 0.234. The Morgan fingerprint density at radius 3 is 2.72 bits per heavy atom. The zero-order valence-corrected chi connectivity index (χ0v) is 11.5. The van der Waals surface area contributed by atoms with Gasteiger partial charge >= 0.3 is 0 Å². The van der Waals surface area contributed by atoms with Crippen LogP contribution in [-0.2, 0) is 4.79 Å². The predicted octanol–water partition coefficient (Wildman–Crippen LogP) is 4.82. The molecule has 18 heavy (non-hydrogen) atoms. The minimum absolute atomic E-state index is 0.234. The first-order valence-corrected chi connectivity index (χ1v) is 6.87. The van der Waals surface area contributed by atoms with Gasteiger partial charge in [-0.3, -0.25) is 4.79 Å². The Bertz CT molecular complexity index is 483. The van der Waals surface area contributed by atoms with Crippen LogP contribution >= 0.6 is 23.2 Å². The maximum atomic E-state index is 11.8. The van der Waals surface area contributed by atoms with E-state index >= 15 is 0 Å². The number of hydrogen-bond donors (Lipinski definition) is 1. The van der Waals surface area contributed by atoms with Gasteiger partial charge in [-0.1, -0.05) is 35.7 Å². The van der Waals surface area contributed by atoms with Crippen molar-refractivity contribution in [3.8, 4) is 0 Å². The Hall–Kier alpha value is -0.990. The van der Waals surface area contributed by atoms with E-state index in [1.807, 2.05) is 12.1 Å². The number of Topliss-reactive ketones (excluding diaryl/α,β-unsaturated/α-hetero) is 1. The van der Waals surface area contributed by atoms with Gasteiger partial charge in [0.2, 0.25) is 0 Å². The first-order chi connectivity index (χ1) is 8.68. The van der Waals surface area contributed by atoms with Crippen molar-refractivity contribution in [1.29, 1.82) is 0 Å². The van der Waals surface area contributed by atoms with Gasteiger partial charge in [0.05, 0.1) is 15.7 Å². The van der Waals surface area contributed by atoms with Crippen LogP contribution in [0, 0.1) is 0 Å². The normalized spacial score (nSPS) is 18.8. The average molecular weight is 284 g/mol. The smallest absolute Gasteiger partial charge is 0.160 e. The van der Waals surface area contributed by atoms with Crippen LogP contribution in [0.15, 0.2) is 30.0 Å². The number of nitrogens with one attached hydrogen (secondary N) is 1. The fourth-order valence-corrected chi connectivity index (χ4v) is 2.37. The molecule has 2 rings (SSSR count). The molecule has 1 N–H and O–H groups in total. The molecule has 1 aromatic carbocycles. The van der Waals surface area contributed by atoms with Crippen LogP contribution < -0.4 is 5.32 Å². The molecule has 0 aromatic heterocycles. The Kier molecular flexibility index (Phi) is 4.67. The molecule has 0 radical (unpaired) electrons. The summed E-state index contributed by atoms with van der Waals surface area (Å²) in [5.41, 5.74) is 1.58. The molecular weight excluding hydrogens is 269 g/mol. The van der Waals surface area contributed by atoms with E-state index in [0.29, 0.717) is 16.5 Å². The molecule has 0 saturated heterocycles. The zero-order valence-electron chi connectivity index (χ0n) is 10.0. The number of halogens is 2. The Morgan fingerprint density at radius 1 is 1.11 bits per heavy atom. The minimum atomic E-state index is 0.234. The van der Waals surface area contributed by atoms with Crippen LogP contribution in [-0.4, -0.2) is 5.78 Å². The van der Waals surface area contributed by atoms with E-state index in [0.717, 1.165) is 36.9 Å². The summed E-state index contributed by atoms with van der Waals surface area (Å²) < 4.78 is 0. The largest absolute Gasteiger partial charge is 0.360 e. The molecule has 0 heterocycles. The highest BCUT2D eigenvalue weighted by molar-refractivity contribution is 6.43. The SMILES string of the molecule is O=C1CCCCC/C1=C\Nc1cccc(Cl)c1Cl. The molecule has 1 aromatic rings. The fraction of sp³-hybridized carbons (Fsp3) is 0.357. The molecule has 4 heteroatoms. The summed E-state index contributed by atoms with van der Waals surface area (Å²) >= 11 is 12.0. The first kappa shape index (κ1) is 13.4. The van der Waals surface area contributed by atoms with E-state index in [2.05, 4.69) is 5.32 Å². The van der Waals surface area contributed by atoms with Gasteiger partial charge in [0, 0.05) is 18.2 Å². The average Bonchev–Trinajstić information content (AvgIpc) is 2.56. The second kappa shape index (κ2) is 6.26. The van der Waals surface area contributed by atoms with Gasteiger partial charge < -0.3 is 5.32 Å². The van der Waals surface area contributed by atoms with Crippen molar-refractivity contribution in [3.63, 3.8) is 0 Å². The molecule has 1 aliphatic rings. The maximum Gasteiger partial charge on any atom is 0.160 e. The molecule has 0 amide bonds. The quantitative estimate of drug-likeness (QED) is 0.623. The van der Waals surface area contributed by atoms with Gasteiger partial charge in [-0.15, -0.1) is 0 Å². The third kappa shape index (κ3) is 3.27. The number of carbonyl (C=O) groups excluding carboxylic acids is 1. The van der Waals surface area contributed by atoms with Crippen molar-refractivity contribution in [2.75, 3.05) is 5.32 Å². The Morgan fingerprint density at radius 2 is 1.89 bits per heavy atom. The van der Waals surface area contributed by atoms with Crippen molar-refractivity contribution in [2.24, 2.45) is 0 Å². The molecule has 0 aliphatic heterocycles. The highest BCUT2D eigenvalue weighted by atomic mass is 35.5. The third-order valence-electron chi connectivity index (χ3n) is 3.06. The number of carbonyl (C=O) groups is 1. The number of benzene rings is 1. The van der Waals surface area contributed by atoms with Gasteiger partial charge in [-0.05, 0) is 31.4 Å². The van der Waals surface area contributed by atoms with E-state index < -0.39 is 0 Å². The van der Waals surface area contributed by atoms with Crippen LogP contribution in [0.25, 0.3) is 0 Å². The summed E-state index contributed by atoms with van der Waals surface area (Å²) in [7, 11) is 0. The minimum Gasteiger partial charge on any atom is -0.360 e. The van der Waals surface area contributed by atoms with Crippen molar-refractivity contribution in [3.05, 3.63) is 40.0 Å². The van der Waals surface area contributed by atoms with Gasteiger partial charge in [0.1, 0.15) is 0 Å². The van der Waals surface area contributed by atoms with Gasteiger partial charge in [-0.2, -0.15) is 0 Å². The number of ketones is 1. The Balaban J connectivity index is 2.13. The molecule has 1 fully saturated rings. The lowest BCUT2D eigenvalue weighted by atomic mass is 10.1. The molecule has 96 valence electrons. The number of anilines is 1. The summed E-state index contributed by atoms with van der Waals surface area (Å²) in [6.45, 7) is 0. The topological polar surface area (TPSA) is 29.1 Å². The molecule has 0 spiro atoms. The standard InChI is InChI=1S/C14H15Cl2NO/c15-11-6-4-7-12(14(11)16)17-9-10-5-2-1-3-8-13(10)18/h4,6-7,9,17H,1-3,5,8H2/b10-9+. The van der Waals surface area contributed by atoms with E-state index in [1.165, 1.54) is 0 Å². The molecule has 0 bridgehead atoms. The predicted molar refractivity (Wildman–Crippen MR) is 76.3 cm³/mol. The first-order valence-electron chi connectivity index (χ1n) is 6.11. The summed E-state index contributed by atoms with van der Waals surface area (Å²) in [4.78, 5) is 11.8. The molecule has 1 aliphatic carbocycles. The maximum absolute atomic E-state index is 11.8. The third-order valence-corrected chi connectivity index (χ3v) is 3.88. The highest BCUT2D eigenvalue weighted by Crippen LogP contribution is 2.30. The van der Waals surface area contributed by atoms with Crippen LogP contribution in [0.3, 0.4) is 0 Å². The van der Waals surface area contributed by atoms with Crippen LogP contribution in [0.2, 0.25) is 10.0 Å². The van der Waals surface area contributed by atoms with Crippen LogP contribution in [0.4, 0.5) is 5.69 Å². The van der Waals surface area contributed by atoms with E-state index in [4.69, 9.17) is 23.2 Å². The molecule has 0 atom stereocenters. The van der Waals surface area contributed by atoms with Crippen molar-refractivity contribution < 1.29 is 4.79 Å². The van der Waals surface area contributed by atoms with Crippen LogP contribution in [0.5, 0.6) is 0 Å². The monoisotopic (exact) mass is 283 g/mol. The summed E-state index contributed by atoms with van der Waals surface area (Å²) in [5, 5.41) is 4.07. The second-order valence-electron chi connectivity index (χ2n) is 4.40. The van der Waals surface area contributed by atoms with E-state index in [-0.39, 0.29) is 5.78 Å². The fourth-order valence-electron chi connectivity index (χ4n) is 2.01. The zero-order chi connectivity index (χ0) is 13.0. The van der Waals surface area contributed by atoms with Crippen molar-refractivity contribution in [1.82, 2.24) is 0 Å². The lowest BCUT2D eigenvalue weighted by Gasteiger charge is -2.07. The van der Waals surface area contributed by atoms with Crippen molar-refractivity contribution >= 4 is 34.7 Å². The van der Waals surface area contributed by atoms with Gasteiger partial charge in [0.15, 0.2) is 5.78 Å². The summed E-state index contributed by atoms with van der Waals surface area (Å²) in [6, 6.07) is 5.40. The molecular formula is C14H15Cl2NO. The van der Waals surface area contributed by atoms with Gasteiger partial charge in [-0.25, -0.2) is 0 Å². The van der Waals surface area contributed by atoms with Crippen LogP contribution in [0.1, 0.15) is 32.1 Å². The number of hydrogen-bond acceptors (Lipinski definition) is 2. The lowest BCUT2D eigenvalue weighted by molar-refractivity contribution is -0.115. The number of allylic oxidation sites excluding steroid dienone is 1. The van der Waals surface area contributed by atoms with E-state index in [1.54, 1.807) is 12.3 Å². The van der Waals surface area contributed by atoms with Crippen molar-refractivity contribution in [2.45, 2.75) is 32.1 Å². The highest BCUT2D eigenvalue weighted by Gasteiger charge is 2.13. The Labute approximate surface area is 117 Å². The van der Waals surface area contributed by atoms with Gasteiger partial charge in [0.25, 0.3) is 0 Å². The molecule has 1 saturated carbocycles. The number of rotatable bonds is 2. The molecule has 0 unspecified atom stereocenters. The summed E-state index contributed by atoms with van der Waals surface area (Å²) in [6.07, 6.45) is 6.45. The molecule has 2 nitrogen and oxygen atoms in total. The van der Waals surface area contributed by atoms with E-state index in [9.17, 15) is 4.79 Å².